The SMILES string of the molecule is CN(C)C(=O)CN1CCCN(C(=O)[C@@H](c2ccccc2)n2cnnn2)CC1. The van der Waals surface area contributed by atoms with Gasteiger partial charge in [-0.1, -0.05) is 30.3 Å². The van der Waals surface area contributed by atoms with Gasteiger partial charge in [0.2, 0.25) is 5.91 Å². The molecule has 9 heteroatoms. The quantitative estimate of drug-likeness (QED) is 0.729. The predicted octanol–water partition coefficient (Wildman–Crippen LogP) is -0.115. The summed E-state index contributed by atoms with van der Waals surface area (Å²) in [7, 11) is 3.51. The molecule has 1 aromatic carbocycles. The average molecular weight is 371 g/mol. The highest BCUT2D eigenvalue weighted by molar-refractivity contribution is 5.83. The van der Waals surface area contributed by atoms with Crippen LogP contribution in [0.3, 0.4) is 0 Å². The number of amides is 2. The number of hydrogen-bond donors (Lipinski definition) is 0. The number of rotatable bonds is 5. The van der Waals surface area contributed by atoms with Gasteiger partial charge in [0.1, 0.15) is 6.33 Å². The van der Waals surface area contributed by atoms with E-state index in [0.29, 0.717) is 26.2 Å². The van der Waals surface area contributed by atoms with Gasteiger partial charge in [0, 0.05) is 40.3 Å². The monoisotopic (exact) mass is 371 g/mol. The topological polar surface area (TPSA) is 87.5 Å². The van der Waals surface area contributed by atoms with Crippen molar-refractivity contribution in [3.05, 3.63) is 42.2 Å². The van der Waals surface area contributed by atoms with E-state index in [9.17, 15) is 9.59 Å². The zero-order valence-electron chi connectivity index (χ0n) is 15.7. The lowest BCUT2D eigenvalue weighted by Gasteiger charge is -2.26. The number of likely N-dealkylation sites (N-methyl/N-ethyl adjacent to an activating group) is 1. The molecule has 1 atom stereocenters. The summed E-state index contributed by atoms with van der Waals surface area (Å²) in [6, 6.07) is 8.94. The molecule has 1 aliphatic heterocycles. The Morgan fingerprint density at radius 3 is 2.56 bits per heavy atom. The summed E-state index contributed by atoms with van der Waals surface area (Å²) in [4.78, 5) is 30.8. The summed E-state index contributed by atoms with van der Waals surface area (Å²) in [5, 5.41) is 11.3. The molecule has 0 radical (unpaired) electrons. The van der Waals surface area contributed by atoms with E-state index in [1.165, 1.54) is 11.0 Å². The molecule has 3 rings (SSSR count). The van der Waals surface area contributed by atoms with Gasteiger partial charge in [0.15, 0.2) is 6.04 Å². The minimum absolute atomic E-state index is 0.0331. The van der Waals surface area contributed by atoms with Crippen molar-refractivity contribution in [3.8, 4) is 0 Å². The van der Waals surface area contributed by atoms with Crippen molar-refractivity contribution < 1.29 is 9.59 Å². The van der Waals surface area contributed by atoms with Crippen LogP contribution in [0.1, 0.15) is 18.0 Å². The van der Waals surface area contributed by atoms with Crippen molar-refractivity contribution in [3.63, 3.8) is 0 Å². The van der Waals surface area contributed by atoms with Crippen molar-refractivity contribution in [2.75, 3.05) is 46.8 Å². The van der Waals surface area contributed by atoms with Crippen LogP contribution in [0.25, 0.3) is 0 Å². The first-order chi connectivity index (χ1) is 13.1. The van der Waals surface area contributed by atoms with Gasteiger partial charge in [0.25, 0.3) is 5.91 Å². The first kappa shape index (κ1) is 19.0. The third-order valence-corrected chi connectivity index (χ3v) is 4.74. The van der Waals surface area contributed by atoms with Gasteiger partial charge in [0.05, 0.1) is 6.54 Å². The number of hydrogen-bond acceptors (Lipinski definition) is 6. The first-order valence-electron chi connectivity index (χ1n) is 9.05. The van der Waals surface area contributed by atoms with E-state index in [-0.39, 0.29) is 11.8 Å². The number of benzene rings is 1. The van der Waals surface area contributed by atoms with Crippen molar-refractivity contribution >= 4 is 11.8 Å². The maximum Gasteiger partial charge on any atom is 0.252 e. The van der Waals surface area contributed by atoms with Gasteiger partial charge < -0.3 is 9.80 Å². The molecular formula is C18H25N7O2. The molecule has 9 nitrogen and oxygen atoms in total. The molecular weight excluding hydrogens is 346 g/mol. The first-order valence-corrected chi connectivity index (χ1v) is 9.05. The maximum absolute atomic E-state index is 13.3. The van der Waals surface area contributed by atoms with E-state index in [4.69, 9.17) is 0 Å². The van der Waals surface area contributed by atoms with E-state index in [0.717, 1.165) is 18.5 Å². The number of nitrogens with zero attached hydrogens (tertiary/aromatic N) is 7. The van der Waals surface area contributed by atoms with Crippen LogP contribution in [0, 0.1) is 0 Å². The molecule has 0 N–H and O–H groups in total. The lowest BCUT2D eigenvalue weighted by Crippen LogP contribution is -2.42. The second-order valence-corrected chi connectivity index (χ2v) is 6.85. The standard InChI is InChI=1S/C18H25N7O2/c1-22(2)16(26)13-23-9-6-10-24(12-11-23)18(27)17(25-14-19-20-21-25)15-7-4-3-5-8-15/h3-5,7-8,14,17H,6,9-13H2,1-2H3/t17-/m1/s1. The van der Waals surface area contributed by atoms with Crippen molar-refractivity contribution in [1.29, 1.82) is 0 Å². The largest absolute Gasteiger partial charge is 0.348 e. The Labute approximate surface area is 158 Å². The van der Waals surface area contributed by atoms with Crippen LogP contribution in [0.15, 0.2) is 36.7 Å². The Morgan fingerprint density at radius 2 is 1.89 bits per heavy atom. The molecule has 0 aliphatic carbocycles. The number of carbonyl (C=O) groups is 2. The highest BCUT2D eigenvalue weighted by atomic mass is 16.2. The van der Waals surface area contributed by atoms with E-state index in [2.05, 4.69) is 20.4 Å². The minimum Gasteiger partial charge on any atom is -0.348 e. The second kappa shape index (κ2) is 8.72. The third-order valence-electron chi connectivity index (χ3n) is 4.74. The Bertz CT molecular complexity index is 748. The summed E-state index contributed by atoms with van der Waals surface area (Å²) in [6.07, 6.45) is 2.29. The van der Waals surface area contributed by atoms with Gasteiger partial charge in [-0.2, -0.15) is 0 Å². The lowest BCUT2D eigenvalue weighted by molar-refractivity contribution is -0.133. The van der Waals surface area contributed by atoms with E-state index in [1.54, 1.807) is 19.0 Å². The fraction of sp³-hybridized carbons (Fsp3) is 0.500. The van der Waals surface area contributed by atoms with Crippen LogP contribution >= 0.6 is 0 Å². The van der Waals surface area contributed by atoms with Gasteiger partial charge in [-0.3, -0.25) is 14.5 Å². The van der Waals surface area contributed by atoms with Crippen LogP contribution < -0.4 is 0 Å². The molecule has 0 unspecified atom stereocenters. The molecule has 2 amide bonds. The highest BCUT2D eigenvalue weighted by Crippen LogP contribution is 2.20. The highest BCUT2D eigenvalue weighted by Gasteiger charge is 2.30. The Kier molecular flexibility index (Phi) is 6.12. The molecule has 1 fully saturated rings. The van der Waals surface area contributed by atoms with Crippen LogP contribution in [-0.2, 0) is 9.59 Å². The van der Waals surface area contributed by atoms with Gasteiger partial charge >= 0.3 is 0 Å². The van der Waals surface area contributed by atoms with Gasteiger partial charge in [-0.25, -0.2) is 4.68 Å². The summed E-state index contributed by atoms with van der Waals surface area (Å²) in [6.45, 7) is 3.07. The zero-order chi connectivity index (χ0) is 19.2. The van der Waals surface area contributed by atoms with E-state index in [1.807, 2.05) is 35.2 Å². The Balaban J connectivity index is 1.72. The number of carbonyl (C=O) groups excluding carboxylic acids is 2. The van der Waals surface area contributed by atoms with E-state index < -0.39 is 6.04 Å². The second-order valence-electron chi connectivity index (χ2n) is 6.85. The molecule has 2 aromatic rings. The molecule has 1 saturated heterocycles. The smallest absolute Gasteiger partial charge is 0.252 e. The molecule has 1 aliphatic rings. The summed E-state index contributed by atoms with van der Waals surface area (Å²) in [5.41, 5.74) is 0.846. The fourth-order valence-corrected chi connectivity index (χ4v) is 3.19. The minimum atomic E-state index is -0.587. The summed E-state index contributed by atoms with van der Waals surface area (Å²) < 4.78 is 1.50. The molecule has 27 heavy (non-hydrogen) atoms. The molecule has 0 saturated carbocycles. The Hall–Kier alpha value is -2.81. The van der Waals surface area contributed by atoms with Crippen LogP contribution in [-0.4, -0.2) is 93.5 Å². The third kappa shape index (κ3) is 4.68. The van der Waals surface area contributed by atoms with Gasteiger partial charge in [-0.05, 0) is 22.4 Å². The van der Waals surface area contributed by atoms with Crippen molar-refractivity contribution in [2.45, 2.75) is 12.5 Å². The van der Waals surface area contributed by atoms with Crippen LogP contribution in [0.5, 0.6) is 0 Å². The van der Waals surface area contributed by atoms with Crippen molar-refractivity contribution in [1.82, 2.24) is 34.9 Å². The normalized spacial score (nSPS) is 16.6. The summed E-state index contributed by atoms with van der Waals surface area (Å²) >= 11 is 0. The van der Waals surface area contributed by atoms with E-state index >= 15 is 0 Å². The molecule has 0 spiro atoms. The molecule has 0 bridgehead atoms. The molecule has 1 aromatic heterocycles. The van der Waals surface area contributed by atoms with Gasteiger partial charge in [-0.15, -0.1) is 5.10 Å². The number of aromatic nitrogens is 4. The summed E-state index contributed by atoms with van der Waals surface area (Å²) in [5.74, 6) is 0.0416. The average Bonchev–Trinajstić information content (AvgIpc) is 3.08. The van der Waals surface area contributed by atoms with Crippen molar-refractivity contribution in [2.24, 2.45) is 0 Å². The maximum atomic E-state index is 13.3. The number of tetrazole rings is 1. The molecule has 2 heterocycles. The zero-order valence-corrected chi connectivity index (χ0v) is 15.7. The van der Waals surface area contributed by atoms with Crippen LogP contribution in [0.2, 0.25) is 0 Å². The molecule has 144 valence electrons. The van der Waals surface area contributed by atoms with Crippen LogP contribution in [0.4, 0.5) is 0 Å². The lowest BCUT2D eigenvalue weighted by atomic mass is 10.1. The Morgan fingerprint density at radius 1 is 1.11 bits per heavy atom. The fourth-order valence-electron chi connectivity index (χ4n) is 3.19. The predicted molar refractivity (Wildman–Crippen MR) is 98.7 cm³/mol.